The van der Waals surface area contributed by atoms with Gasteiger partial charge in [0.1, 0.15) is 6.04 Å². The van der Waals surface area contributed by atoms with Crippen LogP contribution in [0.5, 0.6) is 0 Å². The molecule has 0 spiro atoms. The summed E-state index contributed by atoms with van der Waals surface area (Å²) in [5.74, 6) is 0.249. The number of carbonyl (C=O) groups excluding carboxylic acids is 1. The molecule has 4 unspecified atom stereocenters. The van der Waals surface area contributed by atoms with E-state index in [2.05, 4.69) is 41.4 Å². The van der Waals surface area contributed by atoms with Gasteiger partial charge in [-0.3, -0.25) is 9.69 Å². The van der Waals surface area contributed by atoms with Gasteiger partial charge in [0.2, 0.25) is 0 Å². The summed E-state index contributed by atoms with van der Waals surface area (Å²) in [4.78, 5) is 14.3. The van der Waals surface area contributed by atoms with Crippen LogP contribution in [0.3, 0.4) is 0 Å². The lowest BCUT2D eigenvalue weighted by Gasteiger charge is -2.36. The molecule has 2 heterocycles. The molecule has 4 nitrogen and oxygen atoms in total. The van der Waals surface area contributed by atoms with Crippen molar-refractivity contribution in [3.8, 4) is 0 Å². The van der Waals surface area contributed by atoms with Crippen LogP contribution in [0.1, 0.15) is 24.9 Å². The number of methoxy groups -OCH3 is 1. The van der Waals surface area contributed by atoms with Gasteiger partial charge >= 0.3 is 5.97 Å². The summed E-state index contributed by atoms with van der Waals surface area (Å²) in [6.07, 6.45) is 1.08. The maximum Gasteiger partial charge on any atom is 0.323 e. The second kappa shape index (κ2) is 5.54. The van der Waals surface area contributed by atoms with Crippen molar-refractivity contribution in [2.75, 3.05) is 20.2 Å². The van der Waals surface area contributed by atoms with Gasteiger partial charge in [-0.2, -0.15) is 0 Å². The summed E-state index contributed by atoms with van der Waals surface area (Å²) in [6.45, 7) is 4.20. The SMILES string of the molecule is COC(=O)C1NC2CC1CN(C(C)c1ccccc1)C2. The Morgan fingerprint density at radius 1 is 1.35 bits per heavy atom. The van der Waals surface area contributed by atoms with E-state index in [9.17, 15) is 4.79 Å². The van der Waals surface area contributed by atoms with Crippen LogP contribution in [-0.2, 0) is 9.53 Å². The molecule has 2 bridgehead atoms. The predicted molar refractivity (Wildman–Crippen MR) is 77.3 cm³/mol. The van der Waals surface area contributed by atoms with E-state index in [-0.39, 0.29) is 12.0 Å². The molecule has 0 amide bonds. The van der Waals surface area contributed by atoms with E-state index in [0.29, 0.717) is 18.0 Å². The van der Waals surface area contributed by atoms with Crippen molar-refractivity contribution < 1.29 is 9.53 Å². The van der Waals surface area contributed by atoms with Crippen molar-refractivity contribution in [2.24, 2.45) is 5.92 Å². The number of carbonyl (C=O) groups is 1. The molecular formula is C16H22N2O2. The largest absolute Gasteiger partial charge is 0.468 e. The van der Waals surface area contributed by atoms with Crippen LogP contribution in [0, 0.1) is 5.92 Å². The average molecular weight is 274 g/mol. The lowest BCUT2D eigenvalue weighted by molar-refractivity contribution is -0.143. The molecule has 4 atom stereocenters. The molecule has 2 fully saturated rings. The van der Waals surface area contributed by atoms with Gasteiger partial charge in [0.15, 0.2) is 0 Å². The Kier molecular flexibility index (Phi) is 3.76. The lowest BCUT2D eigenvalue weighted by atomic mass is 9.93. The smallest absolute Gasteiger partial charge is 0.323 e. The van der Waals surface area contributed by atoms with Gasteiger partial charge in [-0.15, -0.1) is 0 Å². The number of likely N-dealkylation sites (tertiary alicyclic amines) is 1. The minimum atomic E-state index is -0.127. The standard InChI is InChI=1S/C16H22N2O2/c1-11(12-6-4-3-5-7-12)18-9-13-8-14(10-18)17-15(13)16(19)20-2/h3-7,11,13-15,17H,8-10H2,1-2H3. The topological polar surface area (TPSA) is 41.6 Å². The number of fused-ring (bicyclic) bond motifs is 2. The number of nitrogens with one attached hydrogen (secondary N) is 1. The first-order chi connectivity index (χ1) is 9.69. The number of ether oxygens (including phenoxy) is 1. The summed E-state index contributed by atoms with van der Waals surface area (Å²) < 4.78 is 4.90. The van der Waals surface area contributed by atoms with Gasteiger partial charge in [0.05, 0.1) is 7.11 Å². The molecule has 2 aliphatic rings. The normalized spacial score (nSPS) is 31.0. The zero-order chi connectivity index (χ0) is 14.1. The number of hydrogen-bond donors (Lipinski definition) is 1. The zero-order valence-corrected chi connectivity index (χ0v) is 12.1. The molecule has 0 aliphatic carbocycles. The van der Waals surface area contributed by atoms with E-state index in [0.717, 1.165) is 19.5 Å². The number of hydrogen-bond acceptors (Lipinski definition) is 4. The van der Waals surface area contributed by atoms with Crippen LogP contribution in [0.4, 0.5) is 0 Å². The Balaban J connectivity index is 1.71. The van der Waals surface area contributed by atoms with Crippen molar-refractivity contribution in [3.63, 3.8) is 0 Å². The number of piperidine rings is 1. The average Bonchev–Trinajstić information content (AvgIpc) is 2.80. The molecule has 2 aliphatic heterocycles. The maximum atomic E-state index is 11.8. The summed E-state index contributed by atoms with van der Waals surface area (Å²) in [7, 11) is 1.47. The van der Waals surface area contributed by atoms with Crippen LogP contribution in [-0.4, -0.2) is 43.2 Å². The number of nitrogens with zero attached hydrogens (tertiary/aromatic N) is 1. The quantitative estimate of drug-likeness (QED) is 0.850. The first-order valence-corrected chi connectivity index (χ1v) is 7.32. The summed E-state index contributed by atoms with van der Waals surface area (Å²) in [6, 6.07) is 11.2. The Labute approximate surface area is 120 Å². The van der Waals surface area contributed by atoms with Gasteiger partial charge in [0.25, 0.3) is 0 Å². The van der Waals surface area contributed by atoms with Crippen molar-refractivity contribution in [1.82, 2.24) is 10.2 Å². The molecule has 4 heteroatoms. The van der Waals surface area contributed by atoms with E-state index in [4.69, 9.17) is 4.74 Å². The highest BCUT2D eigenvalue weighted by molar-refractivity contribution is 5.76. The Bertz CT molecular complexity index is 477. The van der Waals surface area contributed by atoms with Gasteiger partial charge in [-0.25, -0.2) is 0 Å². The minimum absolute atomic E-state index is 0.119. The van der Waals surface area contributed by atoms with E-state index in [1.165, 1.54) is 12.7 Å². The molecule has 1 N–H and O–H groups in total. The lowest BCUT2D eigenvalue weighted by Crippen LogP contribution is -2.42. The van der Waals surface area contributed by atoms with Crippen molar-refractivity contribution in [1.29, 1.82) is 0 Å². The molecule has 3 rings (SSSR count). The first-order valence-electron chi connectivity index (χ1n) is 7.32. The minimum Gasteiger partial charge on any atom is -0.468 e. The Hall–Kier alpha value is -1.39. The Morgan fingerprint density at radius 2 is 2.10 bits per heavy atom. The molecule has 0 saturated carbocycles. The third kappa shape index (κ3) is 2.45. The van der Waals surface area contributed by atoms with Crippen LogP contribution in [0.2, 0.25) is 0 Å². The number of rotatable bonds is 3. The fraction of sp³-hybridized carbons (Fsp3) is 0.562. The highest BCUT2D eigenvalue weighted by Gasteiger charge is 2.44. The highest BCUT2D eigenvalue weighted by Crippen LogP contribution is 2.32. The van der Waals surface area contributed by atoms with Gasteiger partial charge < -0.3 is 10.1 Å². The van der Waals surface area contributed by atoms with Crippen LogP contribution >= 0.6 is 0 Å². The molecule has 108 valence electrons. The van der Waals surface area contributed by atoms with Crippen LogP contribution in [0.15, 0.2) is 30.3 Å². The number of esters is 1. The molecule has 2 saturated heterocycles. The van der Waals surface area contributed by atoms with E-state index in [1.54, 1.807) is 0 Å². The second-order valence-electron chi connectivity index (χ2n) is 5.90. The highest BCUT2D eigenvalue weighted by atomic mass is 16.5. The van der Waals surface area contributed by atoms with Crippen molar-refractivity contribution in [3.05, 3.63) is 35.9 Å². The molecule has 0 aromatic heterocycles. The monoisotopic (exact) mass is 274 g/mol. The van der Waals surface area contributed by atoms with E-state index in [1.807, 2.05) is 6.07 Å². The third-order valence-corrected chi connectivity index (χ3v) is 4.68. The van der Waals surface area contributed by atoms with Gasteiger partial charge in [-0.1, -0.05) is 30.3 Å². The summed E-state index contributed by atoms with van der Waals surface area (Å²) >= 11 is 0. The molecule has 1 aromatic carbocycles. The maximum absolute atomic E-state index is 11.8. The Morgan fingerprint density at radius 3 is 2.80 bits per heavy atom. The predicted octanol–water partition coefficient (Wildman–Crippen LogP) is 1.58. The summed E-state index contributed by atoms with van der Waals surface area (Å²) in [5.41, 5.74) is 1.34. The molecule has 0 radical (unpaired) electrons. The first kappa shape index (κ1) is 13.6. The second-order valence-corrected chi connectivity index (χ2v) is 5.90. The fourth-order valence-electron chi connectivity index (χ4n) is 3.57. The number of benzene rings is 1. The fourth-order valence-corrected chi connectivity index (χ4v) is 3.57. The van der Waals surface area contributed by atoms with Gasteiger partial charge in [-0.05, 0) is 24.8 Å². The molecule has 20 heavy (non-hydrogen) atoms. The van der Waals surface area contributed by atoms with Crippen molar-refractivity contribution in [2.45, 2.75) is 31.5 Å². The van der Waals surface area contributed by atoms with E-state index < -0.39 is 0 Å². The molecular weight excluding hydrogens is 252 g/mol. The van der Waals surface area contributed by atoms with Crippen LogP contribution in [0.25, 0.3) is 0 Å². The molecule has 1 aromatic rings. The van der Waals surface area contributed by atoms with Crippen molar-refractivity contribution >= 4 is 5.97 Å². The zero-order valence-electron chi connectivity index (χ0n) is 12.1. The summed E-state index contributed by atoms with van der Waals surface area (Å²) in [5, 5.41) is 3.42. The van der Waals surface area contributed by atoms with Crippen LogP contribution < -0.4 is 5.32 Å². The van der Waals surface area contributed by atoms with Gasteiger partial charge in [0, 0.05) is 25.2 Å². The third-order valence-electron chi connectivity index (χ3n) is 4.68. The van der Waals surface area contributed by atoms with E-state index >= 15 is 0 Å².